The van der Waals surface area contributed by atoms with Crippen LogP contribution in [-0.4, -0.2) is 9.55 Å². The topological polar surface area (TPSA) is 17.8 Å². The van der Waals surface area contributed by atoms with Gasteiger partial charge in [0.2, 0.25) is 0 Å². The molecule has 0 saturated heterocycles. The van der Waals surface area contributed by atoms with Crippen molar-refractivity contribution in [2.75, 3.05) is 0 Å². The molecule has 0 amide bonds. The molecule has 2 heterocycles. The lowest BCUT2D eigenvalue weighted by atomic mass is 9.86. The summed E-state index contributed by atoms with van der Waals surface area (Å²) in [5.41, 5.74) is 2.72. The molecule has 0 spiro atoms. The fraction of sp³-hybridized carbons (Fsp3) is 0.750. The van der Waals surface area contributed by atoms with Gasteiger partial charge < -0.3 is 4.57 Å². The summed E-state index contributed by atoms with van der Waals surface area (Å²) in [5, 5.41) is 0. The van der Waals surface area contributed by atoms with Gasteiger partial charge in [0.1, 0.15) is 5.82 Å². The molecular weight excluding hydrogens is 172 g/mol. The van der Waals surface area contributed by atoms with E-state index in [0.717, 1.165) is 11.8 Å². The molecule has 0 aromatic carbocycles. The highest BCUT2D eigenvalue weighted by molar-refractivity contribution is 5.18. The summed E-state index contributed by atoms with van der Waals surface area (Å²) in [6.45, 7) is 10.1. The van der Waals surface area contributed by atoms with Crippen LogP contribution in [0, 0.1) is 25.7 Å². The van der Waals surface area contributed by atoms with Gasteiger partial charge in [-0.2, -0.15) is 0 Å². The lowest BCUT2D eigenvalue weighted by molar-refractivity contribution is 0.300. The summed E-state index contributed by atoms with van der Waals surface area (Å²) < 4.78 is 2.40. The zero-order valence-corrected chi connectivity index (χ0v) is 9.67. The van der Waals surface area contributed by atoms with Gasteiger partial charge in [-0.05, 0) is 38.5 Å². The number of hydrogen-bond donors (Lipinski definition) is 0. The van der Waals surface area contributed by atoms with Crippen LogP contribution in [0.3, 0.4) is 0 Å². The highest BCUT2D eigenvalue weighted by Crippen LogP contribution is 2.28. The quantitative estimate of drug-likeness (QED) is 0.669. The number of imidazole rings is 1. The Balaban J connectivity index is 2.30. The highest BCUT2D eigenvalue weighted by atomic mass is 15.1. The summed E-state index contributed by atoms with van der Waals surface area (Å²) in [7, 11) is 0. The van der Waals surface area contributed by atoms with Crippen LogP contribution in [0.5, 0.6) is 0 Å². The van der Waals surface area contributed by atoms with Gasteiger partial charge in [-0.3, -0.25) is 0 Å². The van der Waals surface area contributed by atoms with E-state index >= 15 is 0 Å². The predicted octanol–water partition coefficient (Wildman–Crippen LogP) is 2.72. The molecule has 1 unspecified atom stereocenters. The standard InChI is InChI=1S/C12H20N2/c1-8(2)11-5-6-14-10(4)13-9(3)12(14)7-11/h8,11H,5-7H2,1-4H3. The third kappa shape index (κ3) is 1.47. The molecule has 1 aromatic heterocycles. The van der Waals surface area contributed by atoms with Gasteiger partial charge in [-0.15, -0.1) is 0 Å². The number of aryl methyl sites for hydroxylation is 2. The van der Waals surface area contributed by atoms with Gasteiger partial charge in [0.15, 0.2) is 0 Å². The summed E-state index contributed by atoms with van der Waals surface area (Å²) in [6.07, 6.45) is 2.55. The molecule has 0 bridgehead atoms. The van der Waals surface area contributed by atoms with E-state index in [-0.39, 0.29) is 0 Å². The molecule has 0 aliphatic carbocycles. The van der Waals surface area contributed by atoms with Crippen molar-refractivity contribution in [3.8, 4) is 0 Å². The molecule has 1 atom stereocenters. The molecule has 1 aromatic rings. The van der Waals surface area contributed by atoms with E-state index in [9.17, 15) is 0 Å². The normalized spacial score (nSPS) is 21.4. The molecule has 0 radical (unpaired) electrons. The van der Waals surface area contributed by atoms with Crippen LogP contribution in [0.4, 0.5) is 0 Å². The van der Waals surface area contributed by atoms with Crippen molar-refractivity contribution in [3.63, 3.8) is 0 Å². The number of fused-ring (bicyclic) bond motifs is 1. The average Bonchev–Trinajstić information content (AvgIpc) is 2.42. The van der Waals surface area contributed by atoms with Crippen molar-refractivity contribution >= 4 is 0 Å². The molecule has 0 fully saturated rings. The van der Waals surface area contributed by atoms with E-state index in [1.54, 1.807) is 0 Å². The van der Waals surface area contributed by atoms with Crippen molar-refractivity contribution in [2.24, 2.45) is 11.8 Å². The lowest BCUT2D eigenvalue weighted by Crippen LogP contribution is -2.23. The Bertz CT molecular complexity index is 336. The van der Waals surface area contributed by atoms with E-state index < -0.39 is 0 Å². The minimum atomic E-state index is 0.804. The van der Waals surface area contributed by atoms with E-state index in [2.05, 4.69) is 37.2 Å². The third-order valence-electron chi connectivity index (χ3n) is 3.59. The van der Waals surface area contributed by atoms with E-state index in [4.69, 9.17) is 0 Å². The summed E-state index contributed by atoms with van der Waals surface area (Å²) in [5.74, 6) is 2.86. The first kappa shape index (κ1) is 9.75. The molecule has 0 N–H and O–H groups in total. The number of nitrogens with zero attached hydrogens (tertiary/aromatic N) is 2. The first-order chi connectivity index (χ1) is 6.59. The van der Waals surface area contributed by atoms with Gasteiger partial charge in [0, 0.05) is 12.2 Å². The Morgan fingerprint density at radius 1 is 1.36 bits per heavy atom. The van der Waals surface area contributed by atoms with Crippen molar-refractivity contribution < 1.29 is 0 Å². The van der Waals surface area contributed by atoms with Crippen LogP contribution in [0.2, 0.25) is 0 Å². The Morgan fingerprint density at radius 2 is 2.07 bits per heavy atom. The van der Waals surface area contributed by atoms with Crippen LogP contribution in [0.1, 0.15) is 37.5 Å². The second-order valence-corrected chi connectivity index (χ2v) is 4.84. The maximum atomic E-state index is 4.55. The maximum absolute atomic E-state index is 4.55. The molecular formula is C12H20N2. The smallest absolute Gasteiger partial charge is 0.106 e. The van der Waals surface area contributed by atoms with Crippen LogP contribution in [0.15, 0.2) is 0 Å². The van der Waals surface area contributed by atoms with Crippen LogP contribution in [-0.2, 0) is 13.0 Å². The third-order valence-corrected chi connectivity index (χ3v) is 3.59. The van der Waals surface area contributed by atoms with E-state index in [0.29, 0.717) is 0 Å². The van der Waals surface area contributed by atoms with Crippen molar-refractivity contribution in [2.45, 2.75) is 47.1 Å². The fourth-order valence-electron chi connectivity index (χ4n) is 2.53. The largest absolute Gasteiger partial charge is 0.332 e. The fourth-order valence-corrected chi connectivity index (χ4v) is 2.53. The summed E-state index contributed by atoms with van der Waals surface area (Å²) in [4.78, 5) is 4.55. The molecule has 2 rings (SSSR count). The molecule has 2 heteroatoms. The average molecular weight is 192 g/mol. The van der Waals surface area contributed by atoms with Gasteiger partial charge in [0.05, 0.1) is 5.69 Å². The Morgan fingerprint density at radius 3 is 2.71 bits per heavy atom. The number of aromatic nitrogens is 2. The number of rotatable bonds is 1. The summed E-state index contributed by atoms with van der Waals surface area (Å²) >= 11 is 0. The van der Waals surface area contributed by atoms with Crippen LogP contribution >= 0.6 is 0 Å². The second-order valence-electron chi connectivity index (χ2n) is 4.84. The first-order valence-corrected chi connectivity index (χ1v) is 5.62. The van der Waals surface area contributed by atoms with Gasteiger partial charge in [0.25, 0.3) is 0 Å². The maximum Gasteiger partial charge on any atom is 0.106 e. The predicted molar refractivity (Wildman–Crippen MR) is 58.4 cm³/mol. The van der Waals surface area contributed by atoms with Crippen molar-refractivity contribution in [1.29, 1.82) is 0 Å². The zero-order chi connectivity index (χ0) is 10.3. The summed E-state index contributed by atoms with van der Waals surface area (Å²) in [6, 6.07) is 0. The van der Waals surface area contributed by atoms with Crippen LogP contribution in [0.25, 0.3) is 0 Å². The van der Waals surface area contributed by atoms with Gasteiger partial charge in [-0.25, -0.2) is 4.98 Å². The monoisotopic (exact) mass is 192 g/mol. The Hall–Kier alpha value is -0.790. The SMILES string of the molecule is Cc1nc(C)n2c1CC(C(C)C)CC2. The Labute approximate surface area is 86.3 Å². The molecule has 78 valence electrons. The second kappa shape index (κ2) is 3.41. The Kier molecular flexibility index (Phi) is 2.38. The highest BCUT2D eigenvalue weighted by Gasteiger charge is 2.24. The zero-order valence-electron chi connectivity index (χ0n) is 9.67. The van der Waals surface area contributed by atoms with Gasteiger partial charge in [-0.1, -0.05) is 13.8 Å². The van der Waals surface area contributed by atoms with Crippen LogP contribution < -0.4 is 0 Å². The molecule has 14 heavy (non-hydrogen) atoms. The minimum Gasteiger partial charge on any atom is -0.332 e. The van der Waals surface area contributed by atoms with E-state index in [1.807, 2.05) is 0 Å². The van der Waals surface area contributed by atoms with Crippen molar-refractivity contribution in [3.05, 3.63) is 17.2 Å². The van der Waals surface area contributed by atoms with Crippen molar-refractivity contribution in [1.82, 2.24) is 9.55 Å². The number of hydrogen-bond acceptors (Lipinski definition) is 1. The molecule has 1 aliphatic rings. The molecule has 2 nitrogen and oxygen atoms in total. The van der Waals surface area contributed by atoms with E-state index in [1.165, 1.54) is 36.6 Å². The first-order valence-electron chi connectivity index (χ1n) is 5.62. The molecule has 1 aliphatic heterocycles. The minimum absolute atomic E-state index is 0.804. The molecule has 0 saturated carbocycles. The lowest BCUT2D eigenvalue weighted by Gasteiger charge is -2.27. The van der Waals surface area contributed by atoms with Gasteiger partial charge >= 0.3 is 0 Å².